The van der Waals surface area contributed by atoms with E-state index in [2.05, 4.69) is 15.5 Å². The van der Waals surface area contributed by atoms with E-state index >= 15 is 0 Å². The summed E-state index contributed by atoms with van der Waals surface area (Å²) < 4.78 is 79.7. The Morgan fingerprint density at radius 3 is 2.46 bits per heavy atom. The van der Waals surface area contributed by atoms with Gasteiger partial charge >= 0.3 is 12.4 Å². The standard InChI is InChI=1S/C22H17F6N5O2S2/c1-32-17(9-33-15-8-13(22(26,27)28)5-6-16(15)36-11-19(33)35)30-31-20(32)37-10-18(34)29-14-4-2-3-12(7-14)21(23,24)25/h2-8H,9-11H2,1H3,(H,29,34). The predicted molar refractivity (Wildman–Crippen MR) is 125 cm³/mol. The Bertz CT molecular complexity index is 1340. The van der Waals surface area contributed by atoms with Crippen molar-refractivity contribution in [3.05, 3.63) is 59.4 Å². The molecule has 1 aliphatic rings. The van der Waals surface area contributed by atoms with E-state index in [0.717, 1.165) is 47.8 Å². The van der Waals surface area contributed by atoms with Crippen molar-refractivity contribution in [3.8, 4) is 0 Å². The number of nitrogens with zero attached hydrogens (tertiary/aromatic N) is 4. The van der Waals surface area contributed by atoms with Gasteiger partial charge in [0.25, 0.3) is 0 Å². The molecule has 3 aromatic rings. The Balaban J connectivity index is 1.44. The zero-order valence-corrected chi connectivity index (χ0v) is 20.5. The van der Waals surface area contributed by atoms with Crippen LogP contribution in [0.3, 0.4) is 0 Å². The minimum absolute atomic E-state index is 0.0162. The van der Waals surface area contributed by atoms with Crippen LogP contribution in [0.15, 0.2) is 52.5 Å². The third-order valence-corrected chi connectivity index (χ3v) is 7.33. The van der Waals surface area contributed by atoms with Crippen LogP contribution in [0.2, 0.25) is 0 Å². The first-order chi connectivity index (χ1) is 17.3. The summed E-state index contributed by atoms with van der Waals surface area (Å²) in [7, 11) is 1.57. The molecule has 2 amide bonds. The van der Waals surface area contributed by atoms with Crippen LogP contribution in [0.4, 0.5) is 37.7 Å². The van der Waals surface area contributed by atoms with Crippen molar-refractivity contribution in [1.82, 2.24) is 14.8 Å². The maximum Gasteiger partial charge on any atom is 0.416 e. The number of alkyl halides is 6. The van der Waals surface area contributed by atoms with Crippen LogP contribution in [-0.2, 0) is 35.5 Å². The number of amides is 2. The SMILES string of the molecule is Cn1c(CN2C(=O)CSc3ccc(C(F)(F)F)cc32)nnc1SCC(=O)Nc1cccc(C(F)(F)F)c1. The van der Waals surface area contributed by atoms with Crippen molar-refractivity contribution in [3.63, 3.8) is 0 Å². The Morgan fingerprint density at radius 2 is 1.76 bits per heavy atom. The molecule has 0 saturated carbocycles. The van der Waals surface area contributed by atoms with Crippen LogP contribution in [0.25, 0.3) is 0 Å². The number of fused-ring (bicyclic) bond motifs is 1. The van der Waals surface area contributed by atoms with Crippen LogP contribution in [0.5, 0.6) is 0 Å². The minimum atomic E-state index is -4.57. The van der Waals surface area contributed by atoms with E-state index in [1.807, 2.05) is 0 Å². The summed E-state index contributed by atoms with van der Waals surface area (Å²) in [5.74, 6) is -0.850. The number of nitrogens with one attached hydrogen (secondary N) is 1. The third-order valence-electron chi connectivity index (χ3n) is 5.26. The average molecular weight is 562 g/mol. The van der Waals surface area contributed by atoms with E-state index in [9.17, 15) is 35.9 Å². The van der Waals surface area contributed by atoms with Gasteiger partial charge in [0, 0.05) is 17.6 Å². The van der Waals surface area contributed by atoms with Crippen molar-refractivity contribution in [2.75, 3.05) is 21.7 Å². The van der Waals surface area contributed by atoms with Gasteiger partial charge < -0.3 is 14.8 Å². The topological polar surface area (TPSA) is 80.1 Å². The van der Waals surface area contributed by atoms with Crippen molar-refractivity contribution in [1.29, 1.82) is 0 Å². The number of benzene rings is 2. The number of thioether (sulfide) groups is 2. The molecule has 0 unspecified atom stereocenters. The smallest absolute Gasteiger partial charge is 0.325 e. The van der Waals surface area contributed by atoms with Crippen molar-refractivity contribution < 1.29 is 35.9 Å². The second-order valence-corrected chi connectivity index (χ2v) is 9.78. The van der Waals surface area contributed by atoms with Crippen LogP contribution >= 0.6 is 23.5 Å². The fourth-order valence-electron chi connectivity index (χ4n) is 3.40. The molecular weight excluding hydrogens is 544 g/mol. The van der Waals surface area contributed by atoms with Gasteiger partial charge in [-0.05, 0) is 36.4 Å². The monoisotopic (exact) mass is 561 g/mol. The van der Waals surface area contributed by atoms with Crippen LogP contribution in [0, 0.1) is 0 Å². The van der Waals surface area contributed by atoms with Gasteiger partial charge in [0.15, 0.2) is 11.0 Å². The number of hydrogen-bond acceptors (Lipinski definition) is 6. The largest absolute Gasteiger partial charge is 0.416 e. The first-order valence-corrected chi connectivity index (χ1v) is 12.4. The van der Waals surface area contributed by atoms with E-state index < -0.39 is 35.3 Å². The Morgan fingerprint density at radius 1 is 1.05 bits per heavy atom. The van der Waals surface area contributed by atoms with Crippen LogP contribution in [-0.4, -0.2) is 38.1 Å². The van der Waals surface area contributed by atoms with Gasteiger partial charge in [-0.1, -0.05) is 17.8 Å². The number of halogens is 6. The second kappa shape index (κ2) is 10.3. The molecule has 15 heteroatoms. The number of carbonyl (C=O) groups is 2. The summed E-state index contributed by atoms with van der Waals surface area (Å²) in [4.78, 5) is 26.5. The molecule has 0 fully saturated rings. The molecule has 1 N–H and O–H groups in total. The fourth-order valence-corrected chi connectivity index (χ4v) is 5.05. The van der Waals surface area contributed by atoms with E-state index in [0.29, 0.717) is 4.90 Å². The predicted octanol–water partition coefficient (Wildman–Crippen LogP) is 5.22. The molecule has 7 nitrogen and oxygen atoms in total. The van der Waals surface area contributed by atoms with Gasteiger partial charge in [-0.2, -0.15) is 26.3 Å². The second-order valence-electron chi connectivity index (χ2n) is 7.82. The number of carbonyl (C=O) groups excluding carboxylic acids is 2. The lowest BCUT2D eigenvalue weighted by molar-refractivity contribution is -0.138. The fraction of sp³-hybridized carbons (Fsp3) is 0.273. The molecule has 0 atom stereocenters. The molecule has 0 spiro atoms. The summed E-state index contributed by atoms with van der Waals surface area (Å²) >= 11 is 2.10. The summed E-state index contributed by atoms with van der Waals surface area (Å²) in [5, 5.41) is 10.6. The molecule has 2 heterocycles. The zero-order chi connectivity index (χ0) is 27.0. The molecule has 0 aliphatic carbocycles. The summed E-state index contributed by atoms with van der Waals surface area (Å²) in [6, 6.07) is 7.41. The number of rotatable bonds is 6. The number of aromatic nitrogens is 3. The van der Waals surface area contributed by atoms with Crippen LogP contribution < -0.4 is 10.2 Å². The number of hydrogen-bond donors (Lipinski definition) is 1. The average Bonchev–Trinajstić information content (AvgIpc) is 3.17. The molecule has 1 aliphatic heterocycles. The molecule has 0 radical (unpaired) electrons. The van der Waals surface area contributed by atoms with Gasteiger partial charge in [0.2, 0.25) is 11.8 Å². The normalized spacial score (nSPS) is 14.0. The van der Waals surface area contributed by atoms with Gasteiger partial charge in [0.05, 0.1) is 34.9 Å². The Hall–Kier alpha value is -3.20. The van der Waals surface area contributed by atoms with Gasteiger partial charge in [-0.3, -0.25) is 9.59 Å². The highest BCUT2D eigenvalue weighted by atomic mass is 32.2. The first kappa shape index (κ1) is 26.9. The molecule has 1 aromatic heterocycles. The highest BCUT2D eigenvalue weighted by Crippen LogP contribution is 2.40. The van der Waals surface area contributed by atoms with Gasteiger partial charge in [-0.25, -0.2) is 0 Å². The molecule has 0 saturated heterocycles. The van der Waals surface area contributed by atoms with E-state index in [-0.39, 0.29) is 40.4 Å². The van der Waals surface area contributed by atoms with Gasteiger partial charge in [-0.15, -0.1) is 22.0 Å². The lowest BCUT2D eigenvalue weighted by Crippen LogP contribution is -2.36. The maximum absolute atomic E-state index is 13.2. The number of anilines is 2. The molecule has 2 aromatic carbocycles. The Kier molecular flexibility index (Phi) is 7.46. The van der Waals surface area contributed by atoms with Crippen molar-refractivity contribution >= 4 is 46.7 Å². The maximum atomic E-state index is 13.2. The molecule has 0 bridgehead atoms. The summed E-state index contributed by atoms with van der Waals surface area (Å²) in [5.41, 5.74) is -1.68. The van der Waals surface area contributed by atoms with E-state index in [4.69, 9.17) is 0 Å². The zero-order valence-electron chi connectivity index (χ0n) is 18.9. The lowest BCUT2D eigenvalue weighted by atomic mass is 10.1. The summed E-state index contributed by atoms with van der Waals surface area (Å²) in [6.07, 6.45) is -9.12. The van der Waals surface area contributed by atoms with Crippen molar-refractivity contribution in [2.24, 2.45) is 7.05 Å². The van der Waals surface area contributed by atoms with E-state index in [1.54, 1.807) is 7.05 Å². The summed E-state index contributed by atoms with van der Waals surface area (Å²) in [6.45, 7) is -0.145. The third kappa shape index (κ3) is 6.21. The van der Waals surface area contributed by atoms with E-state index in [1.165, 1.54) is 27.7 Å². The Labute approximate surface area is 214 Å². The molecule has 196 valence electrons. The van der Waals surface area contributed by atoms with Gasteiger partial charge in [0.1, 0.15) is 0 Å². The highest BCUT2D eigenvalue weighted by molar-refractivity contribution is 8.00. The highest BCUT2D eigenvalue weighted by Gasteiger charge is 2.34. The first-order valence-electron chi connectivity index (χ1n) is 10.5. The minimum Gasteiger partial charge on any atom is -0.325 e. The van der Waals surface area contributed by atoms with Crippen molar-refractivity contribution in [2.45, 2.75) is 28.9 Å². The van der Waals surface area contributed by atoms with Crippen LogP contribution in [0.1, 0.15) is 17.0 Å². The quantitative estimate of drug-likeness (QED) is 0.328. The molecule has 37 heavy (non-hydrogen) atoms. The lowest BCUT2D eigenvalue weighted by Gasteiger charge is -2.29. The molecular formula is C22H17F6N5O2S2. The molecule has 4 rings (SSSR count).